The van der Waals surface area contributed by atoms with Gasteiger partial charge in [0.05, 0.1) is 11.1 Å². The number of rotatable bonds is 2. The number of aromatic amines is 1. The molecule has 0 aliphatic carbocycles. The molecule has 8 bridgehead atoms. The Bertz CT molecular complexity index is 2810. The van der Waals surface area contributed by atoms with Crippen LogP contribution >= 0.6 is 0 Å². The van der Waals surface area contributed by atoms with Crippen LogP contribution in [0.3, 0.4) is 0 Å². The summed E-state index contributed by atoms with van der Waals surface area (Å²) in [4.78, 5) is 73.7. The van der Waals surface area contributed by atoms with Crippen LogP contribution in [0.1, 0.15) is 43.0 Å². The Balaban J connectivity index is 1.44. The van der Waals surface area contributed by atoms with Gasteiger partial charge in [0.15, 0.2) is 23.3 Å². The number of aliphatic imine (C=N–C) groups is 4. The average molecular weight is 693 g/mol. The van der Waals surface area contributed by atoms with Gasteiger partial charge in [-0.15, -0.1) is 0 Å². The number of benzene rings is 4. The molecule has 0 saturated carbocycles. The molecule has 2 aromatic heterocycles. The van der Waals surface area contributed by atoms with E-state index in [1.54, 1.807) is 54.6 Å². The van der Waals surface area contributed by atoms with Crippen LogP contribution in [0.2, 0.25) is 0 Å². The van der Waals surface area contributed by atoms with Crippen molar-refractivity contribution < 1.29 is 39.6 Å². The summed E-state index contributed by atoms with van der Waals surface area (Å²) in [5.74, 6) is -2.71. The molecule has 0 radical (unpaired) electrons. The van der Waals surface area contributed by atoms with Crippen molar-refractivity contribution in [2.45, 2.75) is 0 Å². The maximum absolute atomic E-state index is 13.2. The molecule has 252 valence electrons. The molecule has 3 aliphatic heterocycles. The van der Waals surface area contributed by atoms with E-state index in [1.807, 2.05) is 0 Å². The summed E-state index contributed by atoms with van der Waals surface area (Å²) in [6.07, 6.45) is -2.92. The number of hydrogen-bond donors (Lipinski definition) is 6. The molecule has 4 aromatic carbocycles. The summed E-state index contributed by atoms with van der Waals surface area (Å²) in [7, 11) is 0. The second-order valence-electron chi connectivity index (χ2n) is 11.8. The highest BCUT2D eigenvalue weighted by molar-refractivity contribution is 6.34. The van der Waals surface area contributed by atoms with Crippen molar-refractivity contribution in [3.05, 3.63) is 118 Å². The van der Waals surface area contributed by atoms with Crippen molar-refractivity contribution >= 4 is 92.3 Å². The van der Waals surface area contributed by atoms with E-state index in [0.717, 1.165) is 9.47 Å². The number of amidine groups is 4. The third-order valence-corrected chi connectivity index (χ3v) is 8.97. The number of H-pyrrole nitrogens is 1. The highest BCUT2D eigenvalue weighted by atomic mass is 16.4. The van der Waals surface area contributed by atoms with Crippen LogP contribution in [0, 0.1) is 0 Å². The van der Waals surface area contributed by atoms with Crippen LogP contribution in [-0.4, -0.2) is 77.4 Å². The van der Waals surface area contributed by atoms with Gasteiger partial charge in [-0.2, -0.15) is 0 Å². The maximum Gasteiger partial charge on any atom is 0.418 e. The largest absolute Gasteiger partial charge is 0.478 e. The van der Waals surface area contributed by atoms with Gasteiger partial charge in [0.2, 0.25) is 0 Å². The normalized spacial score (nSPS) is 14.2. The lowest BCUT2D eigenvalue weighted by molar-refractivity contribution is 0.0686. The van der Waals surface area contributed by atoms with Crippen molar-refractivity contribution in [3.8, 4) is 0 Å². The number of carboxylic acid groups (broad SMARTS) is 4. The van der Waals surface area contributed by atoms with Crippen molar-refractivity contribution in [1.82, 2.24) is 9.55 Å². The van der Waals surface area contributed by atoms with Crippen LogP contribution < -0.4 is 10.2 Å². The number of fused-ring (bicyclic) bond motifs is 18. The molecule has 6 N–H and O–H groups in total. The van der Waals surface area contributed by atoms with Crippen molar-refractivity contribution in [1.29, 1.82) is 0 Å². The smallest absolute Gasteiger partial charge is 0.418 e. The molecular weight excluding hydrogens is 672 g/mol. The molecule has 3 aliphatic rings. The van der Waals surface area contributed by atoms with E-state index in [4.69, 9.17) is 9.98 Å². The number of hydrogen-bond acceptors (Lipinski definition) is 9. The summed E-state index contributed by atoms with van der Waals surface area (Å²) >= 11 is 0. The van der Waals surface area contributed by atoms with Gasteiger partial charge in [-0.05, 0) is 24.3 Å². The topological polar surface area (TPSA) is 235 Å². The van der Waals surface area contributed by atoms with E-state index in [2.05, 4.69) is 20.3 Å². The highest BCUT2D eigenvalue weighted by Crippen LogP contribution is 2.41. The van der Waals surface area contributed by atoms with Crippen molar-refractivity contribution in [2.24, 2.45) is 20.0 Å². The summed E-state index contributed by atoms with van der Waals surface area (Å²) in [6, 6.07) is 22.1. The highest BCUT2D eigenvalue weighted by Gasteiger charge is 2.35. The number of nitrogens with one attached hydrogen (secondary N) is 2. The fourth-order valence-corrected chi connectivity index (χ4v) is 6.77. The summed E-state index contributed by atoms with van der Waals surface area (Å²) in [5, 5.41) is 45.8. The number of aromatic nitrogens is 2. The number of nitrogens with zero attached hydrogens (tertiary/aromatic N) is 6. The van der Waals surface area contributed by atoms with Gasteiger partial charge in [-0.3, -0.25) is 0 Å². The minimum Gasteiger partial charge on any atom is -0.478 e. The molecule has 16 heteroatoms. The van der Waals surface area contributed by atoms with Gasteiger partial charge < -0.3 is 30.7 Å². The molecule has 16 nitrogen and oxygen atoms in total. The van der Waals surface area contributed by atoms with Crippen molar-refractivity contribution in [2.75, 3.05) is 10.2 Å². The average Bonchev–Trinajstić information content (AvgIpc) is 3.86. The Morgan fingerprint density at radius 1 is 0.615 bits per heavy atom. The first kappa shape index (κ1) is 30.2. The lowest BCUT2D eigenvalue weighted by Gasteiger charge is -2.18. The standard InChI is InChI=1S/C36H20N8O8/c45-33(46)15-12-13-20-23(14-15)32-41-26-17-7-2-4-9-19(17)30(40-26)43(35(49)50)29-18-8-3-1-6-16(18)25(39-29)37-28-24-21(10-5-11-22(24)34(47)48)27(38-28)42-31(20)44(32)36(51)52/h1-14,39H,(H,45,46)(H,47,48)(H,49,50)(H,51,52)(H,37,38,42). The van der Waals surface area contributed by atoms with Gasteiger partial charge in [0, 0.05) is 43.8 Å². The fraction of sp³-hybridized carbons (Fsp3) is 0. The minimum atomic E-state index is -1.51. The second kappa shape index (κ2) is 10.8. The number of carboxylic acids is 2. The molecule has 5 heterocycles. The van der Waals surface area contributed by atoms with Gasteiger partial charge in [0.1, 0.15) is 23.3 Å². The Morgan fingerprint density at radius 3 is 2.08 bits per heavy atom. The first-order valence-electron chi connectivity index (χ1n) is 15.5. The molecule has 0 atom stereocenters. The summed E-state index contributed by atoms with van der Waals surface area (Å²) < 4.78 is 0.809. The van der Waals surface area contributed by atoms with Crippen LogP contribution in [0.4, 0.5) is 32.9 Å². The van der Waals surface area contributed by atoms with Gasteiger partial charge in [0.25, 0.3) is 0 Å². The maximum atomic E-state index is 13.2. The zero-order valence-corrected chi connectivity index (χ0v) is 26.2. The Labute approximate surface area is 289 Å². The van der Waals surface area contributed by atoms with Crippen LogP contribution in [0.25, 0.3) is 21.5 Å². The minimum absolute atomic E-state index is 0.0378. The predicted molar refractivity (Wildman–Crippen MR) is 190 cm³/mol. The van der Waals surface area contributed by atoms with Crippen molar-refractivity contribution in [3.63, 3.8) is 0 Å². The fourth-order valence-electron chi connectivity index (χ4n) is 6.77. The molecule has 6 aromatic rings. The SMILES string of the molecule is O=C(O)c1ccc2c3n(C(=O)O)c(c2c1)N=C1N=C(c2ccccc21)N(C(=O)O)c1[nH]c(c2ccccc12)N=C1N=C(N3)c2cccc(C(=O)O)c21. The zero-order chi connectivity index (χ0) is 36.0. The molecule has 0 unspecified atom stereocenters. The first-order chi connectivity index (χ1) is 25.1. The van der Waals surface area contributed by atoms with E-state index < -0.39 is 24.1 Å². The second-order valence-corrected chi connectivity index (χ2v) is 11.8. The van der Waals surface area contributed by atoms with Gasteiger partial charge >= 0.3 is 24.1 Å². The Morgan fingerprint density at radius 2 is 1.35 bits per heavy atom. The van der Waals surface area contributed by atoms with Gasteiger partial charge in [-0.25, -0.2) is 48.6 Å². The van der Waals surface area contributed by atoms with Gasteiger partial charge in [-0.1, -0.05) is 60.7 Å². The van der Waals surface area contributed by atoms with E-state index >= 15 is 0 Å². The summed E-state index contributed by atoms with van der Waals surface area (Å²) in [6.45, 7) is 0. The Kier molecular flexibility index (Phi) is 6.28. The molecule has 0 spiro atoms. The molecule has 52 heavy (non-hydrogen) atoms. The zero-order valence-electron chi connectivity index (χ0n) is 26.2. The quantitative estimate of drug-likeness (QED) is 0.119. The molecule has 1 amide bonds. The Hall–Kier alpha value is -7.88. The third kappa shape index (κ3) is 4.27. The van der Waals surface area contributed by atoms with Crippen LogP contribution in [0.15, 0.2) is 105 Å². The lowest BCUT2D eigenvalue weighted by atomic mass is 10.0. The number of aromatic carboxylic acids is 2. The van der Waals surface area contributed by atoms with E-state index in [9.17, 15) is 39.6 Å². The number of amides is 1. The number of carbonyl (C=O) groups is 4. The third-order valence-electron chi connectivity index (χ3n) is 8.97. The molecular formula is C36H20N8O8. The van der Waals surface area contributed by atoms with E-state index in [0.29, 0.717) is 21.9 Å². The monoisotopic (exact) mass is 692 g/mol. The van der Waals surface area contributed by atoms with Crippen LogP contribution in [-0.2, 0) is 0 Å². The van der Waals surface area contributed by atoms with E-state index in [-0.39, 0.29) is 79.6 Å². The number of anilines is 2. The molecule has 0 saturated heterocycles. The van der Waals surface area contributed by atoms with Crippen LogP contribution in [0.5, 0.6) is 0 Å². The predicted octanol–water partition coefficient (Wildman–Crippen LogP) is 6.33. The molecule has 0 fully saturated rings. The lowest BCUT2D eigenvalue weighted by Crippen LogP contribution is -2.36. The molecule has 9 rings (SSSR count). The first-order valence-corrected chi connectivity index (χ1v) is 15.5. The summed E-state index contributed by atoms with van der Waals surface area (Å²) in [5.41, 5.74) is 0.870. The van der Waals surface area contributed by atoms with E-state index in [1.165, 1.54) is 30.3 Å².